The SMILES string of the molecule is Cc1ccnn1CC1(CS)CCC1. The molecule has 0 aromatic carbocycles. The van der Waals surface area contributed by atoms with Gasteiger partial charge in [0.05, 0.1) is 0 Å². The Morgan fingerprint density at radius 2 is 2.38 bits per heavy atom. The topological polar surface area (TPSA) is 17.8 Å². The van der Waals surface area contributed by atoms with Gasteiger partial charge in [0.1, 0.15) is 0 Å². The van der Waals surface area contributed by atoms with Crippen LogP contribution in [0.15, 0.2) is 12.3 Å². The number of aryl methyl sites for hydroxylation is 1. The molecule has 3 heteroatoms. The molecule has 0 aliphatic heterocycles. The van der Waals surface area contributed by atoms with Gasteiger partial charge < -0.3 is 0 Å². The van der Waals surface area contributed by atoms with Gasteiger partial charge in [-0.05, 0) is 37.0 Å². The van der Waals surface area contributed by atoms with Crippen LogP contribution in [0.25, 0.3) is 0 Å². The smallest absolute Gasteiger partial charge is 0.0492 e. The second kappa shape index (κ2) is 3.37. The van der Waals surface area contributed by atoms with Crippen LogP contribution in [0.2, 0.25) is 0 Å². The molecule has 13 heavy (non-hydrogen) atoms. The summed E-state index contributed by atoms with van der Waals surface area (Å²) in [5.41, 5.74) is 1.70. The first-order chi connectivity index (χ1) is 6.26. The van der Waals surface area contributed by atoms with Crippen LogP contribution in [-0.4, -0.2) is 15.5 Å². The average Bonchev–Trinajstić information content (AvgIpc) is 2.44. The molecule has 1 aliphatic carbocycles. The van der Waals surface area contributed by atoms with Crippen LogP contribution in [0, 0.1) is 12.3 Å². The first-order valence-electron chi connectivity index (χ1n) is 4.85. The monoisotopic (exact) mass is 196 g/mol. The van der Waals surface area contributed by atoms with E-state index < -0.39 is 0 Å². The largest absolute Gasteiger partial charge is 0.269 e. The Labute approximate surface area is 84.7 Å². The van der Waals surface area contributed by atoms with Crippen molar-refractivity contribution >= 4 is 12.6 Å². The number of thiol groups is 1. The third-order valence-electron chi connectivity index (χ3n) is 3.16. The molecule has 0 unspecified atom stereocenters. The van der Waals surface area contributed by atoms with Crippen LogP contribution < -0.4 is 0 Å². The average molecular weight is 196 g/mol. The van der Waals surface area contributed by atoms with Crippen LogP contribution in [0.4, 0.5) is 0 Å². The minimum absolute atomic E-state index is 0.444. The lowest BCUT2D eigenvalue weighted by molar-refractivity contribution is 0.131. The van der Waals surface area contributed by atoms with E-state index >= 15 is 0 Å². The Morgan fingerprint density at radius 3 is 2.77 bits per heavy atom. The van der Waals surface area contributed by atoms with E-state index in [1.54, 1.807) is 0 Å². The highest BCUT2D eigenvalue weighted by Gasteiger charge is 2.36. The number of hydrogen-bond acceptors (Lipinski definition) is 2. The Kier molecular flexibility index (Phi) is 2.37. The zero-order valence-corrected chi connectivity index (χ0v) is 8.93. The molecule has 1 aliphatic rings. The van der Waals surface area contributed by atoms with Gasteiger partial charge in [-0.25, -0.2) is 0 Å². The summed E-state index contributed by atoms with van der Waals surface area (Å²) in [7, 11) is 0. The Balaban J connectivity index is 2.08. The fraction of sp³-hybridized carbons (Fsp3) is 0.700. The predicted molar refractivity (Wildman–Crippen MR) is 57.1 cm³/mol. The summed E-state index contributed by atoms with van der Waals surface area (Å²) in [6, 6.07) is 2.06. The Morgan fingerprint density at radius 1 is 1.62 bits per heavy atom. The summed E-state index contributed by atoms with van der Waals surface area (Å²) in [5.74, 6) is 0.992. The summed E-state index contributed by atoms with van der Waals surface area (Å²) in [6.45, 7) is 3.16. The fourth-order valence-electron chi connectivity index (χ4n) is 1.93. The van der Waals surface area contributed by atoms with Crippen LogP contribution in [-0.2, 0) is 6.54 Å². The van der Waals surface area contributed by atoms with Crippen LogP contribution in [0.3, 0.4) is 0 Å². The van der Waals surface area contributed by atoms with E-state index in [0.717, 1.165) is 12.3 Å². The van der Waals surface area contributed by atoms with E-state index in [9.17, 15) is 0 Å². The second-order valence-electron chi connectivity index (χ2n) is 4.14. The highest BCUT2D eigenvalue weighted by molar-refractivity contribution is 7.80. The minimum Gasteiger partial charge on any atom is -0.269 e. The maximum absolute atomic E-state index is 4.44. The first kappa shape index (κ1) is 9.13. The number of rotatable bonds is 3. The summed E-state index contributed by atoms with van der Waals surface area (Å²) in [6.07, 6.45) is 5.87. The number of hydrogen-bond donors (Lipinski definition) is 1. The first-order valence-corrected chi connectivity index (χ1v) is 5.48. The van der Waals surface area contributed by atoms with Crippen LogP contribution >= 0.6 is 12.6 Å². The maximum Gasteiger partial charge on any atom is 0.0492 e. The van der Waals surface area contributed by atoms with E-state index in [0.29, 0.717) is 5.41 Å². The minimum atomic E-state index is 0.444. The molecule has 0 amide bonds. The molecule has 1 aromatic heterocycles. The molecule has 0 saturated heterocycles. The lowest BCUT2D eigenvalue weighted by Gasteiger charge is -2.40. The van der Waals surface area contributed by atoms with Crippen molar-refractivity contribution in [2.75, 3.05) is 5.75 Å². The van der Waals surface area contributed by atoms with Crippen molar-refractivity contribution in [1.29, 1.82) is 0 Å². The molecular weight excluding hydrogens is 180 g/mol. The molecule has 0 N–H and O–H groups in total. The highest BCUT2D eigenvalue weighted by Crippen LogP contribution is 2.43. The molecular formula is C10H16N2S. The van der Waals surface area contributed by atoms with Gasteiger partial charge in [0.2, 0.25) is 0 Å². The third-order valence-corrected chi connectivity index (χ3v) is 3.83. The molecule has 1 heterocycles. The van der Waals surface area contributed by atoms with E-state index in [4.69, 9.17) is 0 Å². The predicted octanol–water partition coefficient (Wildman–Crippen LogP) is 2.29. The quantitative estimate of drug-likeness (QED) is 0.734. The fourth-order valence-corrected chi connectivity index (χ4v) is 2.34. The van der Waals surface area contributed by atoms with E-state index in [-0.39, 0.29) is 0 Å². The van der Waals surface area contributed by atoms with Crippen molar-refractivity contribution in [1.82, 2.24) is 9.78 Å². The molecule has 72 valence electrons. The van der Waals surface area contributed by atoms with Gasteiger partial charge in [0.25, 0.3) is 0 Å². The van der Waals surface area contributed by atoms with Crippen molar-refractivity contribution in [2.24, 2.45) is 5.41 Å². The standard InChI is InChI=1S/C10H16N2S/c1-9-3-6-11-12(9)7-10(8-13)4-2-5-10/h3,6,13H,2,4-5,7-8H2,1H3. The van der Waals surface area contributed by atoms with Crippen molar-refractivity contribution in [3.05, 3.63) is 18.0 Å². The molecule has 1 saturated carbocycles. The van der Waals surface area contributed by atoms with E-state index in [1.807, 2.05) is 6.20 Å². The number of nitrogens with zero attached hydrogens (tertiary/aromatic N) is 2. The molecule has 0 atom stereocenters. The van der Waals surface area contributed by atoms with Crippen LogP contribution in [0.1, 0.15) is 25.0 Å². The van der Waals surface area contributed by atoms with Gasteiger partial charge in [-0.3, -0.25) is 4.68 Å². The lowest BCUT2D eigenvalue weighted by atomic mass is 9.70. The van der Waals surface area contributed by atoms with Crippen molar-refractivity contribution in [2.45, 2.75) is 32.7 Å². The van der Waals surface area contributed by atoms with Crippen LogP contribution in [0.5, 0.6) is 0 Å². The van der Waals surface area contributed by atoms with Gasteiger partial charge in [-0.15, -0.1) is 0 Å². The maximum atomic E-state index is 4.44. The Bertz CT molecular complexity index is 283. The molecule has 1 fully saturated rings. The van der Waals surface area contributed by atoms with Gasteiger partial charge in [-0.2, -0.15) is 17.7 Å². The Hall–Kier alpha value is -0.440. The third kappa shape index (κ3) is 1.62. The second-order valence-corrected chi connectivity index (χ2v) is 4.46. The summed E-state index contributed by atoms with van der Waals surface area (Å²) >= 11 is 4.44. The van der Waals surface area contributed by atoms with Gasteiger partial charge in [0, 0.05) is 18.4 Å². The van der Waals surface area contributed by atoms with E-state index in [2.05, 4.69) is 35.4 Å². The van der Waals surface area contributed by atoms with Gasteiger partial charge in [0.15, 0.2) is 0 Å². The molecule has 1 aromatic rings. The van der Waals surface area contributed by atoms with Gasteiger partial charge >= 0.3 is 0 Å². The molecule has 2 rings (SSSR count). The zero-order valence-electron chi connectivity index (χ0n) is 8.03. The summed E-state index contributed by atoms with van der Waals surface area (Å²) < 4.78 is 2.11. The summed E-state index contributed by atoms with van der Waals surface area (Å²) in [5, 5.41) is 4.31. The number of aromatic nitrogens is 2. The van der Waals surface area contributed by atoms with Gasteiger partial charge in [-0.1, -0.05) is 6.42 Å². The highest BCUT2D eigenvalue weighted by atomic mass is 32.1. The normalized spacial score (nSPS) is 19.8. The van der Waals surface area contributed by atoms with Crippen molar-refractivity contribution < 1.29 is 0 Å². The van der Waals surface area contributed by atoms with Crippen molar-refractivity contribution in [3.8, 4) is 0 Å². The molecule has 2 nitrogen and oxygen atoms in total. The zero-order chi connectivity index (χ0) is 9.31. The van der Waals surface area contributed by atoms with E-state index in [1.165, 1.54) is 25.0 Å². The lowest BCUT2D eigenvalue weighted by Crippen LogP contribution is -2.36. The van der Waals surface area contributed by atoms with Crippen molar-refractivity contribution in [3.63, 3.8) is 0 Å². The molecule has 0 radical (unpaired) electrons. The molecule has 0 spiro atoms. The summed E-state index contributed by atoms with van der Waals surface area (Å²) in [4.78, 5) is 0. The molecule has 0 bridgehead atoms.